The van der Waals surface area contributed by atoms with Gasteiger partial charge in [-0.2, -0.15) is 5.26 Å². The Morgan fingerprint density at radius 1 is 0.560 bits per heavy atom. The fourth-order valence-corrected chi connectivity index (χ4v) is 2.96. The second kappa shape index (κ2) is 8.82. The molecule has 0 spiro atoms. The minimum absolute atomic E-state index is 0.470. The first-order chi connectivity index (χ1) is 12.3. The van der Waals surface area contributed by atoms with E-state index >= 15 is 0 Å². The van der Waals surface area contributed by atoms with Crippen molar-refractivity contribution in [2.75, 3.05) is 0 Å². The third-order valence-electron chi connectivity index (χ3n) is 4.21. The Balaban J connectivity index is 1.74. The lowest BCUT2D eigenvalue weighted by atomic mass is 10.1. The van der Waals surface area contributed by atoms with Crippen molar-refractivity contribution < 1.29 is 0 Å². The monoisotopic (exact) mass is 326 g/mol. The van der Waals surface area contributed by atoms with Crippen LogP contribution in [0.4, 0.5) is 0 Å². The van der Waals surface area contributed by atoms with E-state index in [-0.39, 0.29) is 0 Å². The summed E-state index contributed by atoms with van der Waals surface area (Å²) in [5, 5.41) is 8.80. The van der Waals surface area contributed by atoms with Gasteiger partial charge >= 0.3 is 0 Å². The highest BCUT2D eigenvalue weighted by molar-refractivity contribution is 5.25. The SMILES string of the molecule is N#CCc1ccc(CN(Cc2ccccc2)Cc2ccccc2)cc1. The molecule has 0 radical (unpaired) electrons. The van der Waals surface area contributed by atoms with Crippen molar-refractivity contribution in [3.8, 4) is 6.07 Å². The minimum Gasteiger partial charge on any atom is -0.291 e. The summed E-state index contributed by atoms with van der Waals surface area (Å²) in [6.07, 6.45) is 0.470. The van der Waals surface area contributed by atoms with Gasteiger partial charge in [-0.3, -0.25) is 4.90 Å². The second-order valence-corrected chi connectivity index (χ2v) is 6.27. The first kappa shape index (κ1) is 17.0. The molecular formula is C23H22N2. The van der Waals surface area contributed by atoms with Gasteiger partial charge in [-0.15, -0.1) is 0 Å². The highest BCUT2D eigenvalue weighted by atomic mass is 15.1. The van der Waals surface area contributed by atoms with Crippen molar-refractivity contribution in [1.82, 2.24) is 4.90 Å². The molecule has 25 heavy (non-hydrogen) atoms. The van der Waals surface area contributed by atoms with Gasteiger partial charge in [0.25, 0.3) is 0 Å². The van der Waals surface area contributed by atoms with Crippen molar-refractivity contribution >= 4 is 0 Å². The van der Waals surface area contributed by atoms with Crippen LogP contribution < -0.4 is 0 Å². The number of hydrogen-bond acceptors (Lipinski definition) is 2. The molecule has 0 atom stereocenters. The molecule has 3 rings (SSSR count). The number of hydrogen-bond donors (Lipinski definition) is 0. The molecular weight excluding hydrogens is 304 g/mol. The van der Waals surface area contributed by atoms with E-state index in [0.717, 1.165) is 25.2 Å². The molecule has 0 aromatic heterocycles. The molecule has 0 aliphatic rings. The van der Waals surface area contributed by atoms with E-state index in [0.29, 0.717) is 6.42 Å². The van der Waals surface area contributed by atoms with Gasteiger partial charge in [0.05, 0.1) is 12.5 Å². The summed E-state index contributed by atoms with van der Waals surface area (Å²) in [4.78, 5) is 2.45. The van der Waals surface area contributed by atoms with Crippen molar-refractivity contribution in [2.45, 2.75) is 26.1 Å². The highest BCUT2D eigenvalue weighted by Gasteiger charge is 2.08. The van der Waals surface area contributed by atoms with Gasteiger partial charge in [0.15, 0.2) is 0 Å². The van der Waals surface area contributed by atoms with Gasteiger partial charge < -0.3 is 0 Å². The van der Waals surface area contributed by atoms with Crippen molar-refractivity contribution in [2.24, 2.45) is 0 Å². The summed E-state index contributed by atoms with van der Waals surface area (Å²) in [5.41, 5.74) is 4.98. The Morgan fingerprint density at radius 2 is 0.960 bits per heavy atom. The van der Waals surface area contributed by atoms with Gasteiger partial charge in [0, 0.05) is 19.6 Å². The predicted molar refractivity (Wildman–Crippen MR) is 102 cm³/mol. The third-order valence-corrected chi connectivity index (χ3v) is 4.21. The van der Waals surface area contributed by atoms with E-state index in [2.05, 4.69) is 95.9 Å². The molecule has 3 aromatic rings. The normalized spacial score (nSPS) is 10.6. The topological polar surface area (TPSA) is 27.0 Å². The lowest BCUT2D eigenvalue weighted by Gasteiger charge is -2.23. The second-order valence-electron chi connectivity index (χ2n) is 6.27. The summed E-state index contributed by atoms with van der Waals surface area (Å²) in [6, 6.07) is 31.8. The van der Waals surface area contributed by atoms with Crippen LogP contribution in [-0.4, -0.2) is 4.90 Å². The molecule has 0 heterocycles. The molecule has 2 heteroatoms. The maximum Gasteiger partial charge on any atom is 0.0669 e. The zero-order chi connectivity index (χ0) is 17.3. The molecule has 3 aromatic carbocycles. The molecule has 124 valence electrons. The van der Waals surface area contributed by atoms with Crippen LogP contribution in [0.15, 0.2) is 84.9 Å². The number of nitrogens with zero attached hydrogens (tertiary/aromatic N) is 2. The van der Waals surface area contributed by atoms with Crippen molar-refractivity contribution in [3.63, 3.8) is 0 Å². The summed E-state index contributed by atoms with van der Waals surface area (Å²) in [6.45, 7) is 2.71. The van der Waals surface area contributed by atoms with Crippen LogP contribution in [0.5, 0.6) is 0 Å². The van der Waals surface area contributed by atoms with Crippen LogP contribution in [-0.2, 0) is 26.1 Å². The van der Waals surface area contributed by atoms with Crippen LogP contribution in [0.2, 0.25) is 0 Å². The maximum atomic E-state index is 8.80. The van der Waals surface area contributed by atoms with Crippen LogP contribution >= 0.6 is 0 Å². The van der Waals surface area contributed by atoms with Crippen molar-refractivity contribution in [1.29, 1.82) is 5.26 Å². The van der Waals surface area contributed by atoms with Gasteiger partial charge in [0.1, 0.15) is 0 Å². The fourth-order valence-electron chi connectivity index (χ4n) is 2.96. The number of benzene rings is 3. The average molecular weight is 326 g/mol. The molecule has 0 bridgehead atoms. The molecule has 0 aliphatic heterocycles. The van der Waals surface area contributed by atoms with Gasteiger partial charge in [-0.05, 0) is 22.3 Å². The predicted octanol–water partition coefficient (Wildman–Crippen LogP) is 4.96. The lowest BCUT2D eigenvalue weighted by Crippen LogP contribution is -2.22. The van der Waals surface area contributed by atoms with E-state index in [1.807, 2.05) is 0 Å². The van der Waals surface area contributed by atoms with E-state index in [4.69, 9.17) is 5.26 Å². The zero-order valence-electron chi connectivity index (χ0n) is 14.3. The molecule has 0 saturated heterocycles. The Morgan fingerprint density at radius 3 is 1.40 bits per heavy atom. The Labute approximate surface area is 150 Å². The summed E-state index contributed by atoms with van der Waals surface area (Å²) in [5.74, 6) is 0. The molecule has 2 nitrogen and oxygen atoms in total. The van der Waals surface area contributed by atoms with Gasteiger partial charge in [-0.1, -0.05) is 84.9 Å². The first-order valence-electron chi connectivity index (χ1n) is 8.58. The highest BCUT2D eigenvalue weighted by Crippen LogP contribution is 2.15. The van der Waals surface area contributed by atoms with Crippen molar-refractivity contribution in [3.05, 3.63) is 107 Å². The number of rotatable bonds is 7. The average Bonchev–Trinajstić information content (AvgIpc) is 2.65. The smallest absolute Gasteiger partial charge is 0.0669 e. The summed E-state index contributed by atoms with van der Waals surface area (Å²) in [7, 11) is 0. The molecule has 0 N–H and O–H groups in total. The Hall–Kier alpha value is -2.89. The molecule has 0 unspecified atom stereocenters. The molecule has 0 fully saturated rings. The van der Waals surface area contributed by atoms with E-state index in [9.17, 15) is 0 Å². The van der Waals surface area contributed by atoms with Crippen LogP contribution in [0.3, 0.4) is 0 Å². The first-order valence-corrected chi connectivity index (χ1v) is 8.58. The molecule has 0 amide bonds. The Bertz CT molecular complexity index is 761. The maximum absolute atomic E-state index is 8.80. The lowest BCUT2D eigenvalue weighted by molar-refractivity contribution is 0.247. The van der Waals surface area contributed by atoms with Crippen LogP contribution in [0.1, 0.15) is 22.3 Å². The summed E-state index contributed by atoms with van der Waals surface area (Å²) >= 11 is 0. The van der Waals surface area contributed by atoms with E-state index in [1.54, 1.807) is 0 Å². The largest absolute Gasteiger partial charge is 0.291 e. The summed E-state index contributed by atoms with van der Waals surface area (Å²) < 4.78 is 0. The van der Waals surface area contributed by atoms with Crippen LogP contribution in [0.25, 0.3) is 0 Å². The van der Waals surface area contributed by atoms with Crippen LogP contribution in [0, 0.1) is 11.3 Å². The Kier molecular flexibility index (Phi) is 5.98. The standard InChI is InChI=1S/C23H22N2/c24-16-15-20-11-13-23(14-12-20)19-25(17-21-7-3-1-4-8-21)18-22-9-5-2-6-10-22/h1-14H,15,17-19H2. The van der Waals surface area contributed by atoms with E-state index in [1.165, 1.54) is 16.7 Å². The molecule has 0 aliphatic carbocycles. The quantitative estimate of drug-likeness (QED) is 0.614. The molecule has 0 saturated carbocycles. The van der Waals surface area contributed by atoms with Gasteiger partial charge in [-0.25, -0.2) is 0 Å². The fraction of sp³-hybridized carbons (Fsp3) is 0.174. The minimum atomic E-state index is 0.470. The van der Waals surface area contributed by atoms with E-state index < -0.39 is 0 Å². The van der Waals surface area contributed by atoms with Gasteiger partial charge in [0.2, 0.25) is 0 Å². The zero-order valence-corrected chi connectivity index (χ0v) is 14.3. The number of nitriles is 1. The third kappa shape index (κ3) is 5.31.